The van der Waals surface area contributed by atoms with Gasteiger partial charge in [-0.05, 0) is 49.8 Å². The van der Waals surface area contributed by atoms with Crippen LogP contribution < -0.4 is 5.56 Å². The van der Waals surface area contributed by atoms with Crippen molar-refractivity contribution in [1.29, 1.82) is 0 Å². The average molecular weight is 486 g/mol. The lowest BCUT2D eigenvalue weighted by molar-refractivity contribution is -0.160. The normalized spacial score (nSPS) is 25.3. The van der Waals surface area contributed by atoms with E-state index in [1.165, 1.54) is 32.1 Å². The summed E-state index contributed by atoms with van der Waals surface area (Å²) in [6.07, 6.45) is 14.0. The number of benzene rings is 1. The molecule has 0 bridgehead atoms. The fourth-order valence-corrected chi connectivity index (χ4v) is 6.97. The molecule has 1 N–H and O–H groups in total. The van der Waals surface area contributed by atoms with Crippen LogP contribution in [0.25, 0.3) is 10.9 Å². The van der Waals surface area contributed by atoms with E-state index in [-0.39, 0.29) is 23.4 Å². The number of fused-ring (bicyclic) bond motifs is 1. The van der Waals surface area contributed by atoms with Gasteiger partial charge < -0.3 is 10.0 Å². The van der Waals surface area contributed by atoms with Gasteiger partial charge in [-0.15, -0.1) is 0 Å². The molecule has 1 aromatic carbocycles. The van der Waals surface area contributed by atoms with E-state index in [1.54, 1.807) is 29.1 Å². The zero-order valence-corrected chi connectivity index (χ0v) is 20.7. The van der Waals surface area contributed by atoms with E-state index in [0.29, 0.717) is 47.8 Å². The molecular formula is C27H36ClN3O3. The van der Waals surface area contributed by atoms with Crippen LogP contribution in [0.1, 0.15) is 77.0 Å². The van der Waals surface area contributed by atoms with Gasteiger partial charge in [-0.1, -0.05) is 56.5 Å². The van der Waals surface area contributed by atoms with Crippen molar-refractivity contribution >= 4 is 28.4 Å². The van der Waals surface area contributed by atoms with E-state index in [4.69, 9.17) is 11.6 Å². The molecule has 1 aliphatic heterocycles. The summed E-state index contributed by atoms with van der Waals surface area (Å²) >= 11 is 6.12. The minimum Gasteiger partial charge on any atom is -0.387 e. The first-order valence-corrected chi connectivity index (χ1v) is 13.4. The zero-order valence-electron chi connectivity index (χ0n) is 20.0. The summed E-state index contributed by atoms with van der Waals surface area (Å²) < 4.78 is 1.54. The Balaban J connectivity index is 1.33. The Bertz CT molecular complexity index is 1100. The topological polar surface area (TPSA) is 75.4 Å². The predicted molar refractivity (Wildman–Crippen MR) is 134 cm³/mol. The number of aliphatic hydroxyl groups is 1. The second-order valence-electron chi connectivity index (χ2n) is 11.0. The van der Waals surface area contributed by atoms with E-state index >= 15 is 0 Å². The molecule has 1 atom stereocenters. The maximum atomic E-state index is 13.2. The Morgan fingerprint density at radius 2 is 1.88 bits per heavy atom. The molecule has 0 radical (unpaired) electrons. The molecule has 2 saturated carbocycles. The number of hydrogen-bond acceptors (Lipinski definition) is 4. The highest BCUT2D eigenvalue weighted by Crippen LogP contribution is 2.51. The Labute approximate surface area is 206 Å². The van der Waals surface area contributed by atoms with Crippen LogP contribution >= 0.6 is 11.6 Å². The molecule has 1 aromatic heterocycles. The third-order valence-electron chi connectivity index (χ3n) is 8.90. The molecule has 2 heterocycles. The van der Waals surface area contributed by atoms with Crippen molar-refractivity contribution in [2.75, 3.05) is 13.1 Å². The summed E-state index contributed by atoms with van der Waals surface area (Å²) in [7, 11) is 0. The largest absolute Gasteiger partial charge is 0.387 e. The zero-order chi connectivity index (χ0) is 23.8. The SMILES string of the molecule is O=C(CCC1CCCCC1)N1CCC(O)(Cn2cnc3ccc(Cl)cc3c2=O)C2(CCCC2)C1. The summed E-state index contributed by atoms with van der Waals surface area (Å²) in [4.78, 5) is 32.8. The predicted octanol–water partition coefficient (Wildman–Crippen LogP) is 4.93. The molecule has 6 nitrogen and oxygen atoms in total. The molecule has 2 aliphatic carbocycles. The van der Waals surface area contributed by atoms with Crippen LogP contribution in [0.15, 0.2) is 29.3 Å². The van der Waals surface area contributed by atoms with Gasteiger partial charge in [-0.25, -0.2) is 4.98 Å². The highest BCUT2D eigenvalue weighted by atomic mass is 35.5. The fraction of sp³-hybridized carbons (Fsp3) is 0.667. The molecule has 1 unspecified atom stereocenters. The van der Waals surface area contributed by atoms with Crippen molar-refractivity contribution in [1.82, 2.24) is 14.5 Å². The second-order valence-corrected chi connectivity index (χ2v) is 11.4. The van der Waals surface area contributed by atoms with Crippen molar-refractivity contribution < 1.29 is 9.90 Å². The average Bonchev–Trinajstić information content (AvgIpc) is 3.32. The number of amides is 1. The van der Waals surface area contributed by atoms with Crippen LogP contribution in [-0.4, -0.2) is 44.2 Å². The van der Waals surface area contributed by atoms with Gasteiger partial charge in [-0.2, -0.15) is 0 Å². The van der Waals surface area contributed by atoms with E-state index in [0.717, 1.165) is 32.1 Å². The van der Waals surface area contributed by atoms with Gasteiger partial charge in [0.15, 0.2) is 0 Å². The summed E-state index contributed by atoms with van der Waals surface area (Å²) in [5, 5.41) is 13.0. The van der Waals surface area contributed by atoms with Crippen molar-refractivity contribution in [3.8, 4) is 0 Å². The number of carbonyl (C=O) groups is 1. The smallest absolute Gasteiger partial charge is 0.261 e. The van der Waals surface area contributed by atoms with Crippen LogP contribution in [0.2, 0.25) is 5.02 Å². The van der Waals surface area contributed by atoms with Gasteiger partial charge in [0.05, 0.1) is 29.4 Å². The number of nitrogens with zero attached hydrogens (tertiary/aromatic N) is 3. The molecule has 184 valence electrons. The monoisotopic (exact) mass is 485 g/mol. The number of likely N-dealkylation sites (tertiary alicyclic amines) is 1. The minimum absolute atomic E-state index is 0.181. The standard InChI is InChI=1S/C27H36ClN3O3/c28-21-9-10-23-22(16-21)25(33)31(19-29-23)18-27(34)14-15-30(17-26(27)12-4-5-13-26)24(32)11-8-20-6-2-1-3-7-20/h9-10,16,19-20,34H,1-8,11-15,17-18H2. The number of rotatable bonds is 5. The molecule has 3 fully saturated rings. The molecular weight excluding hydrogens is 450 g/mol. The molecule has 34 heavy (non-hydrogen) atoms. The van der Waals surface area contributed by atoms with Crippen molar-refractivity contribution in [2.45, 2.75) is 89.2 Å². The maximum Gasteiger partial charge on any atom is 0.261 e. The third-order valence-corrected chi connectivity index (χ3v) is 9.13. The molecule has 1 amide bonds. The summed E-state index contributed by atoms with van der Waals surface area (Å²) in [6.45, 7) is 1.34. The Hall–Kier alpha value is -1.92. The summed E-state index contributed by atoms with van der Waals surface area (Å²) in [5.41, 5.74) is -0.984. The quantitative estimate of drug-likeness (QED) is 0.651. The van der Waals surface area contributed by atoms with E-state index in [2.05, 4.69) is 4.98 Å². The Kier molecular flexibility index (Phi) is 6.73. The van der Waals surface area contributed by atoms with Crippen LogP contribution in [0.3, 0.4) is 0 Å². The highest BCUT2D eigenvalue weighted by molar-refractivity contribution is 6.31. The van der Waals surface area contributed by atoms with Crippen molar-refractivity contribution in [3.63, 3.8) is 0 Å². The van der Waals surface area contributed by atoms with Gasteiger partial charge in [0.1, 0.15) is 0 Å². The second kappa shape index (κ2) is 9.62. The van der Waals surface area contributed by atoms with Crippen molar-refractivity contribution in [3.05, 3.63) is 39.9 Å². The lowest BCUT2D eigenvalue weighted by Crippen LogP contribution is -2.62. The van der Waals surface area contributed by atoms with Crippen molar-refractivity contribution in [2.24, 2.45) is 11.3 Å². The first-order valence-electron chi connectivity index (χ1n) is 13.0. The van der Waals surface area contributed by atoms with E-state index < -0.39 is 5.60 Å². The van der Waals surface area contributed by atoms with Gasteiger partial charge >= 0.3 is 0 Å². The molecule has 5 rings (SSSR count). The lowest BCUT2D eigenvalue weighted by atomic mass is 9.65. The van der Waals surface area contributed by atoms with Crippen LogP contribution in [0.4, 0.5) is 0 Å². The van der Waals surface area contributed by atoms with Gasteiger partial charge in [0.2, 0.25) is 5.91 Å². The summed E-state index contributed by atoms with van der Waals surface area (Å²) in [5.74, 6) is 0.929. The van der Waals surface area contributed by atoms with Crippen LogP contribution in [0, 0.1) is 11.3 Å². The molecule has 1 spiro atoms. The first-order chi connectivity index (χ1) is 16.4. The molecule has 1 saturated heterocycles. The van der Waals surface area contributed by atoms with Gasteiger partial charge in [0.25, 0.3) is 5.56 Å². The van der Waals surface area contributed by atoms with Crippen LogP contribution in [0.5, 0.6) is 0 Å². The lowest BCUT2D eigenvalue weighted by Gasteiger charge is -2.52. The first kappa shape index (κ1) is 23.8. The van der Waals surface area contributed by atoms with Gasteiger partial charge in [-0.3, -0.25) is 14.2 Å². The fourth-order valence-electron chi connectivity index (χ4n) is 6.80. The number of aromatic nitrogens is 2. The highest BCUT2D eigenvalue weighted by Gasteiger charge is 2.55. The minimum atomic E-state index is -1.04. The van der Waals surface area contributed by atoms with Crippen LogP contribution in [-0.2, 0) is 11.3 Å². The maximum absolute atomic E-state index is 13.2. The molecule has 3 aliphatic rings. The number of piperidine rings is 1. The Morgan fingerprint density at radius 1 is 1.12 bits per heavy atom. The number of halogens is 1. The summed E-state index contributed by atoms with van der Waals surface area (Å²) in [6, 6.07) is 5.11. The van der Waals surface area contributed by atoms with Gasteiger partial charge in [0, 0.05) is 29.9 Å². The molecule has 2 aromatic rings. The van der Waals surface area contributed by atoms with E-state index in [9.17, 15) is 14.7 Å². The van der Waals surface area contributed by atoms with E-state index in [1.807, 2.05) is 4.90 Å². The Morgan fingerprint density at radius 3 is 2.65 bits per heavy atom. The number of carbonyl (C=O) groups excluding carboxylic acids is 1. The molecule has 7 heteroatoms. The third kappa shape index (κ3) is 4.51. The number of hydrogen-bond donors (Lipinski definition) is 1.